The monoisotopic (exact) mass is 465 g/mol. The molecule has 0 unspecified atom stereocenters. The van der Waals surface area contributed by atoms with E-state index in [0.29, 0.717) is 22.9 Å². The van der Waals surface area contributed by atoms with Crippen LogP contribution in [0.5, 0.6) is 0 Å². The van der Waals surface area contributed by atoms with Crippen LogP contribution < -0.4 is 4.90 Å². The fourth-order valence-electron chi connectivity index (χ4n) is 2.32. The van der Waals surface area contributed by atoms with Crippen LogP contribution in [0.4, 0.5) is 18.9 Å². The van der Waals surface area contributed by atoms with E-state index in [1.165, 1.54) is 7.11 Å². The zero-order chi connectivity index (χ0) is 21.4. The van der Waals surface area contributed by atoms with E-state index in [0.717, 1.165) is 17.4 Å². The molecule has 0 spiro atoms. The number of nitrogens with zero attached hydrogens (tertiary/aromatic N) is 5. The average Bonchev–Trinajstić information content (AvgIpc) is 3.06. The van der Waals surface area contributed by atoms with E-state index in [4.69, 9.17) is 28.7 Å². The Balaban J connectivity index is 2.17. The number of halogens is 4. The summed E-state index contributed by atoms with van der Waals surface area (Å²) in [4.78, 5) is 10.9. The van der Waals surface area contributed by atoms with Gasteiger partial charge < -0.3 is 9.74 Å². The van der Waals surface area contributed by atoms with Crippen LogP contribution in [-0.4, -0.2) is 56.8 Å². The number of hydrogen-bond donors (Lipinski definition) is 0. The molecule has 0 amide bonds. The highest BCUT2D eigenvalue weighted by atomic mass is 35.5. The number of rotatable bonds is 9. The third-order valence-electron chi connectivity index (χ3n) is 3.63. The van der Waals surface area contributed by atoms with Crippen LogP contribution in [0.1, 0.15) is 13.3 Å². The molecule has 0 aliphatic heterocycles. The van der Waals surface area contributed by atoms with E-state index in [-0.39, 0.29) is 16.7 Å². The summed E-state index contributed by atoms with van der Waals surface area (Å²) in [6.45, 7) is 2.32. The first-order valence-electron chi connectivity index (χ1n) is 8.48. The summed E-state index contributed by atoms with van der Waals surface area (Å²) in [6, 6.07) is 3.60. The smallest absolute Gasteiger partial charge is 0.389 e. The maximum absolute atomic E-state index is 12.3. The summed E-state index contributed by atoms with van der Waals surface area (Å²) in [5.74, 6) is 0.0777. The second-order valence-electron chi connectivity index (χ2n) is 5.65. The van der Waals surface area contributed by atoms with Crippen molar-refractivity contribution in [3.05, 3.63) is 35.9 Å². The lowest BCUT2D eigenvalue weighted by Gasteiger charge is -2.23. The minimum Gasteiger partial charge on any atom is -0.399 e. The summed E-state index contributed by atoms with van der Waals surface area (Å²) in [5.41, 5.74) is 1.62. The van der Waals surface area contributed by atoms with Gasteiger partial charge in [0, 0.05) is 24.2 Å². The van der Waals surface area contributed by atoms with Crippen molar-refractivity contribution in [2.45, 2.75) is 19.5 Å². The highest BCUT2D eigenvalue weighted by Gasteiger charge is 2.27. The standard InChI is InChI=1S/C17H19ClF3N5OS2/c1-3-25(14-10-26(23-15(14)18)12-5-4-7-22-9-12)16(28)13(24-27-2)11-29-8-6-17(19,20)21/h4-5,7,9-10H,3,6,8,11H2,1-2H3. The Bertz CT molecular complexity index is 845. The van der Waals surface area contributed by atoms with E-state index in [9.17, 15) is 13.2 Å². The van der Waals surface area contributed by atoms with Crippen molar-refractivity contribution in [1.82, 2.24) is 14.8 Å². The number of anilines is 1. The molecule has 0 atom stereocenters. The molecule has 0 saturated heterocycles. The molecule has 2 rings (SSSR count). The molecule has 0 fully saturated rings. The summed E-state index contributed by atoms with van der Waals surface area (Å²) in [6.07, 6.45) is -0.0953. The van der Waals surface area contributed by atoms with Crippen molar-refractivity contribution in [2.24, 2.45) is 5.16 Å². The van der Waals surface area contributed by atoms with Crippen molar-refractivity contribution in [1.29, 1.82) is 0 Å². The Morgan fingerprint density at radius 1 is 1.45 bits per heavy atom. The minimum absolute atomic E-state index is 0.0966. The van der Waals surface area contributed by atoms with Gasteiger partial charge in [-0.2, -0.15) is 30.0 Å². The predicted molar refractivity (Wildman–Crippen MR) is 114 cm³/mol. The number of aromatic nitrogens is 3. The normalized spacial score (nSPS) is 12.1. The van der Waals surface area contributed by atoms with Gasteiger partial charge in [-0.3, -0.25) is 4.98 Å². The molecule has 0 aromatic carbocycles. The van der Waals surface area contributed by atoms with Crippen molar-refractivity contribution in [2.75, 3.05) is 30.1 Å². The first-order valence-corrected chi connectivity index (χ1v) is 10.4. The molecule has 0 saturated carbocycles. The fraction of sp³-hybridized carbons (Fsp3) is 0.412. The number of alkyl halides is 3. The molecule has 2 aromatic rings. The number of oxime groups is 1. The molecule has 0 N–H and O–H groups in total. The van der Waals surface area contributed by atoms with Gasteiger partial charge in [0.15, 0.2) is 5.15 Å². The Morgan fingerprint density at radius 3 is 2.79 bits per heavy atom. The van der Waals surface area contributed by atoms with E-state index >= 15 is 0 Å². The molecule has 0 radical (unpaired) electrons. The van der Waals surface area contributed by atoms with Gasteiger partial charge in [-0.1, -0.05) is 29.0 Å². The van der Waals surface area contributed by atoms with Gasteiger partial charge in [0.25, 0.3) is 0 Å². The van der Waals surface area contributed by atoms with Gasteiger partial charge in [-0.25, -0.2) is 4.68 Å². The molecule has 158 valence electrons. The summed E-state index contributed by atoms with van der Waals surface area (Å²) in [7, 11) is 1.35. The van der Waals surface area contributed by atoms with E-state index < -0.39 is 12.6 Å². The van der Waals surface area contributed by atoms with Crippen LogP contribution in [0.25, 0.3) is 5.69 Å². The van der Waals surface area contributed by atoms with Gasteiger partial charge in [0.05, 0.1) is 24.5 Å². The highest BCUT2D eigenvalue weighted by Crippen LogP contribution is 2.27. The van der Waals surface area contributed by atoms with Crippen LogP contribution in [-0.2, 0) is 4.84 Å². The molecule has 6 nitrogen and oxygen atoms in total. The fourth-order valence-corrected chi connectivity index (χ4v) is 3.88. The van der Waals surface area contributed by atoms with E-state index in [1.807, 2.05) is 13.0 Å². The number of hydrogen-bond acceptors (Lipinski definition) is 6. The number of thiocarbonyl (C=S) groups is 1. The van der Waals surface area contributed by atoms with Gasteiger partial charge in [0.2, 0.25) is 0 Å². The largest absolute Gasteiger partial charge is 0.399 e. The molecule has 0 aliphatic rings. The topological polar surface area (TPSA) is 55.5 Å². The second-order valence-corrected chi connectivity index (χ2v) is 7.50. The van der Waals surface area contributed by atoms with Gasteiger partial charge in [-0.05, 0) is 19.1 Å². The predicted octanol–water partition coefficient (Wildman–Crippen LogP) is 4.76. The van der Waals surface area contributed by atoms with Gasteiger partial charge in [-0.15, -0.1) is 0 Å². The lowest BCUT2D eigenvalue weighted by molar-refractivity contribution is -0.129. The van der Waals surface area contributed by atoms with Crippen molar-refractivity contribution in [3.8, 4) is 5.69 Å². The minimum atomic E-state index is -4.20. The van der Waals surface area contributed by atoms with Crippen LogP contribution in [0.3, 0.4) is 0 Å². The molecule has 2 heterocycles. The van der Waals surface area contributed by atoms with E-state index in [1.54, 1.807) is 34.2 Å². The van der Waals surface area contributed by atoms with Gasteiger partial charge in [0.1, 0.15) is 23.5 Å². The third kappa shape index (κ3) is 6.86. The zero-order valence-electron chi connectivity index (χ0n) is 15.7. The molecule has 0 bridgehead atoms. The Hall–Kier alpha value is -1.85. The lowest BCUT2D eigenvalue weighted by Crippen LogP contribution is -2.36. The summed E-state index contributed by atoms with van der Waals surface area (Å²) >= 11 is 12.9. The maximum atomic E-state index is 12.3. The highest BCUT2D eigenvalue weighted by molar-refractivity contribution is 8.00. The third-order valence-corrected chi connectivity index (χ3v) is 5.33. The van der Waals surface area contributed by atoms with Crippen LogP contribution >= 0.6 is 35.6 Å². The number of thioether (sulfide) groups is 1. The lowest BCUT2D eigenvalue weighted by atomic mass is 10.3. The molecular formula is C17H19ClF3N5OS2. The van der Waals surface area contributed by atoms with Crippen LogP contribution in [0, 0.1) is 0 Å². The molecular weight excluding hydrogens is 447 g/mol. The van der Waals surface area contributed by atoms with Gasteiger partial charge >= 0.3 is 6.18 Å². The van der Waals surface area contributed by atoms with Crippen molar-refractivity contribution in [3.63, 3.8) is 0 Å². The molecule has 2 aromatic heterocycles. The van der Waals surface area contributed by atoms with Crippen molar-refractivity contribution < 1.29 is 18.0 Å². The first kappa shape index (κ1) is 23.4. The van der Waals surface area contributed by atoms with E-state index in [2.05, 4.69) is 15.2 Å². The Morgan fingerprint density at radius 2 is 2.21 bits per heavy atom. The SMILES string of the molecule is CCN(C(=S)C(CSCCC(F)(F)F)=NOC)c1cn(-c2cccnc2)nc1Cl. The van der Waals surface area contributed by atoms with Crippen molar-refractivity contribution >= 4 is 52.0 Å². The quantitative estimate of drug-likeness (QED) is 0.230. The zero-order valence-corrected chi connectivity index (χ0v) is 18.1. The molecule has 0 aliphatic carbocycles. The van der Waals surface area contributed by atoms with Crippen LogP contribution in [0.15, 0.2) is 35.9 Å². The second kappa shape index (κ2) is 10.8. The number of pyridine rings is 1. The summed E-state index contributed by atoms with van der Waals surface area (Å²) < 4.78 is 38.6. The molecule has 29 heavy (non-hydrogen) atoms. The maximum Gasteiger partial charge on any atom is 0.389 e. The first-order chi connectivity index (χ1) is 13.8. The molecule has 12 heteroatoms. The van der Waals surface area contributed by atoms with Crippen LogP contribution in [0.2, 0.25) is 5.15 Å². The Labute approximate surface area is 181 Å². The summed E-state index contributed by atoms with van der Waals surface area (Å²) in [5, 5.41) is 8.40. The average molecular weight is 466 g/mol. The Kier molecular flexibility index (Phi) is 8.72.